The van der Waals surface area contributed by atoms with Gasteiger partial charge in [0.25, 0.3) is 11.8 Å². The van der Waals surface area contributed by atoms with Crippen LogP contribution in [0.15, 0.2) is 128 Å². The van der Waals surface area contributed by atoms with Gasteiger partial charge in [-0.2, -0.15) is 13.2 Å². The van der Waals surface area contributed by atoms with Crippen LogP contribution in [0.25, 0.3) is 0 Å². The third-order valence-corrected chi connectivity index (χ3v) is 8.40. The normalized spacial score (nSPS) is 14.6. The summed E-state index contributed by atoms with van der Waals surface area (Å²) in [7, 11) is 0. The van der Waals surface area contributed by atoms with Crippen LogP contribution in [0.3, 0.4) is 0 Å². The maximum Gasteiger partial charge on any atom is 0.491 e. The Hall–Kier alpha value is -6.94. The van der Waals surface area contributed by atoms with Crippen LogP contribution in [-0.4, -0.2) is 46.4 Å². The fourth-order valence-electron chi connectivity index (χ4n) is 6.01. The SMILES string of the molecule is Nc1ncccc1OCCC#Cc1ccc2c(c1)C(=O)N(C(CC(=O)OC(=O)C(F)(F)F)c1ccccc1)C(c1ccccc1)C(=O)N2c1ccccc1. The minimum absolute atomic E-state index is 0.0254. The topological polar surface area (TPSA) is 132 Å². The molecule has 10 nitrogen and oxygen atoms in total. The molecular weight excluding hydrogens is 701 g/mol. The van der Waals surface area contributed by atoms with Crippen molar-refractivity contribution in [2.75, 3.05) is 17.2 Å². The van der Waals surface area contributed by atoms with Crippen LogP contribution in [-0.2, 0) is 19.1 Å². The molecule has 5 aromatic rings. The van der Waals surface area contributed by atoms with Crippen molar-refractivity contribution in [2.24, 2.45) is 0 Å². The summed E-state index contributed by atoms with van der Waals surface area (Å²) in [6, 6.07) is 30.3. The van der Waals surface area contributed by atoms with E-state index in [9.17, 15) is 22.8 Å². The molecule has 13 heteroatoms. The average molecular weight is 733 g/mol. The van der Waals surface area contributed by atoms with Gasteiger partial charge in [0.05, 0.1) is 30.3 Å². The van der Waals surface area contributed by atoms with Crippen LogP contribution in [0.4, 0.5) is 30.4 Å². The Morgan fingerprint density at radius 3 is 2.20 bits per heavy atom. The summed E-state index contributed by atoms with van der Waals surface area (Å²) in [5.41, 5.74) is 7.58. The zero-order valence-corrected chi connectivity index (χ0v) is 28.4. The Balaban J connectivity index is 1.46. The van der Waals surface area contributed by atoms with Crippen LogP contribution in [0.5, 0.6) is 5.75 Å². The second kappa shape index (κ2) is 16.2. The summed E-state index contributed by atoms with van der Waals surface area (Å²) < 4.78 is 49.3. The lowest BCUT2D eigenvalue weighted by molar-refractivity contribution is -0.202. The van der Waals surface area contributed by atoms with Crippen LogP contribution in [0.2, 0.25) is 0 Å². The zero-order valence-electron chi connectivity index (χ0n) is 28.4. The molecule has 0 radical (unpaired) electrons. The number of ether oxygens (including phenoxy) is 2. The van der Waals surface area contributed by atoms with E-state index in [0.29, 0.717) is 28.1 Å². The summed E-state index contributed by atoms with van der Waals surface area (Å²) in [5.74, 6) is 1.11. The third kappa shape index (κ3) is 8.24. The number of nitrogens with two attached hydrogens (primary N) is 1. The number of carbonyl (C=O) groups excluding carboxylic acids is 4. The molecule has 1 aliphatic heterocycles. The second-order valence-corrected chi connectivity index (χ2v) is 11.9. The first-order valence-electron chi connectivity index (χ1n) is 16.6. The van der Waals surface area contributed by atoms with E-state index in [2.05, 4.69) is 21.6 Å². The lowest BCUT2D eigenvalue weighted by Crippen LogP contribution is -2.44. The van der Waals surface area contributed by atoms with Crippen molar-refractivity contribution in [3.63, 3.8) is 0 Å². The number of pyridine rings is 1. The van der Waals surface area contributed by atoms with Crippen molar-refractivity contribution in [2.45, 2.75) is 31.1 Å². The lowest BCUT2D eigenvalue weighted by atomic mass is 9.95. The molecule has 54 heavy (non-hydrogen) atoms. The Morgan fingerprint density at radius 1 is 0.870 bits per heavy atom. The van der Waals surface area contributed by atoms with Gasteiger partial charge in [-0.05, 0) is 53.6 Å². The number of halogens is 3. The van der Waals surface area contributed by atoms with Crippen molar-refractivity contribution in [1.29, 1.82) is 0 Å². The molecule has 0 saturated carbocycles. The van der Waals surface area contributed by atoms with E-state index in [1.54, 1.807) is 121 Å². The minimum atomic E-state index is -5.44. The summed E-state index contributed by atoms with van der Waals surface area (Å²) in [5, 5.41) is 0. The first kappa shape index (κ1) is 36.8. The molecule has 0 saturated heterocycles. The molecule has 2 N–H and O–H groups in total. The highest BCUT2D eigenvalue weighted by atomic mass is 19.4. The van der Waals surface area contributed by atoms with E-state index in [-0.39, 0.29) is 30.1 Å². The fourth-order valence-corrected chi connectivity index (χ4v) is 6.01. The van der Waals surface area contributed by atoms with Crippen molar-refractivity contribution >= 4 is 40.9 Å². The molecule has 2 amide bonds. The van der Waals surface area contributed by atoms with Gasteiger partial charge >= 0.3 is 18.1 Å². The number of hydrogen-bond donors (Lipinski definition) is 1. The van der Waals surface area contributed by atoms with Crippen LogP contribution in [0, 0.1) is 11.8 Å². The first-order chi connectivity index (χ1) is 26.0. The number of benzene rings is 4. The van der Waals surface area contributed by atoms with E-state index in [0.717, 1.165) is 4.90 Å². The van der Waals surface area contributed by atoms with Gasteiger partial charge in [-0.15, -0.1) is 0 Å². The zero-order chi connectivity index (χ0) is 38.2. The monoisotopic (exact) mass is 732 g/mol. The molecule has 2 heterocycles. The number of fused-ring (bicyclic) bond motifs is 1. The van der Waals surface area contributed by atoms with Crippen LogP contribution < -0.4 is 15.4 Å². The highest BCUT2D eigenvalue weighted by Gasteiger charge is 2.47. The molecule has 1 aliphatic rings. The second-order valence-electron chi connectivity index (χ2n) is 11.9. The molecule has 6 rings (SSSR count). The molecule has 2 unspecified atom stereocenters. The summed E-state index contributed by atoms with van der Waals surface area (Å²) in [6.45, 7) is 0.196. The number of esters is 2. The number of alkyl halides is 3. The first-order valence-corrected chi connectivity index (χ1v) is 16.6. The summed E-state index contributed by atoms with van der Waals surface area (Å²) in [4.78, 5) is 61.5. The van der Waals surface area contributed by atoms with Gasteiger partial charge in [-0.25, -0.2) is 9.78 Å². The number of anilines is 3. The molecule has 0 aliphatic carbocycles. The quantitative estimate of drug-likeness (QED) is 0.0735. The molecular formula is C41H31F3N4O6. The lowest BCUT2D eigenvalue weighted by Gasteiger charge is -2.37. The smallest absolute Gasteiger partial charge is 0.489 e. The Bertz CT molecular complexity index is 2220. The molecule has 0 fully saturated rings. The van der Waals surface area contributed by atoms with E-state index in [1.807, 2.05) is 0 Å². The molecule has 0 spiro atoms. The number of hydrogen-bond acceptors (Lipinski definition) is 8. The van der Waals surface area contributed by atoms with Gasteiger partial charge in [0.2, 0.25) is 0 Å². The summed E-state index contributed by atoms with van der Waals surface area (Å²) in [6.07, 6.45) is -4.51. The maximum absolute atomic E-state index is 15.1. The highest BCUT2D eigenvalue weighted by Crippen LogP contribution is 2.44. The average Bonchev–Trinajstić information content (AvgIpc) is 3.26. The predicted octanol–water partition coefficient (Wildman–Crippen LogP) is 7.11. The molecule has 1 aromatic heterocycles. The fraction of sp³-hybridized carbons (Fsp3) is 0.146. The number of aromatic nitrogens is 1. The highest BCUT2D eigenvalue weighted by molar-refractivity contribution is 6.14. The molecule has 272 valence electrons. The largest absolute Gasteiger partial charge is 0.491 e. The maximum atomic E-state index is 15.1. The minimum Gasteiger partial charge on any atom is -0.489 e. The Morgan fingerprint density at radius 2 is 1.54 bits per heavy atom. The predicted molar refractivity (Wildman–Crippen MR) is 192 cm³/mol. The van der Waals surface area contributed by atoms with Gasteiger partial charge in [-0.3, -0.25) is 19.3 Å². The van der Waals surface area contributed by atoms with Crippen LogP contribution >= 0.6 is 0 Å². The number of amides is 2. The number of carbonyl (C=O) groups is 4. The Kier molecular flexibility index (Phi) is 11.0. The number of nitrogens with zero attached hydrogens (tertiary/aromatic N) is 3. The van der Waals surface area contributed by atoms with Gasteiger partial charge < -0.3 is 20.1 Å². The molecule has 0 bridgehead atoms. The van der Waals surface area contributed by atoms with E-state index < -0.39 is 48.4 Å². The van der Waals surface area contributed by atoms with Crippen LogP contribution in [0.1, 0.15) is 52.0 Å². The van der Waals surface area contributed by atoms with Gasteiger partial charge in [0, 0.05) is 23.9 Å². The number of rotatable bonds is 9. The summed E-state index contributed by atoms with van der Waals surface area (Å²) >= 11 is 0. The molecule has 4 aromatic carbocycles. The van der Waals surface area contributed by atoms with Gasteiger partial charge in [0.15, 0.2) is 11.6 Å². The van der Waals surface area contributed by atoms with Crippen molar-refractivity contribution < 1.29 is 41.8 Å². The van der Waals surface area contributed by atoms with Gasteiger partial charge in [0.1, 0.15) is 6.04 Å². The van der Waals surface area contributed by atoms with E-state index in [4.69, 9.17) is 10.5 Å². The number of nitrogen functional groups attached to an aromatic ring is 1. The van der Waals surface area contributed by atoms with Crippen molar-refractivity contribution in [1.82, 2.24) is 9.88 Å². The van der Waals surface area contributed by atoms with E-state index in [1.165, 1.54) is 11.0 Å². The number of para-hydroxylation sites is 1. The van der Waals surface area contributed by atoms with Gasteiger partial charge in [-0.1, -0.05) is 90.7 Å². The van der Waals surface area contributed by atoms with Crippen molar-refractivity contribution in [3.05, 3.63) is 150 Å². The van der Waals surface area contributed by atoms with Crippen molar-refractivity contribution in [3.8, 4) is 17.6 Å². The Labute approximate surface area is 307 Å². The van der Waals surface area contributed by atoms with E-state index >= 15 is 9.59 Å². The standard InChI is InChI=1S/C41H31F3N4O6/c42-41(43,44)40(52)54-35(49)26-33(28-14-4-1-5-15-28)48-36(29-16-6-2-7-17-29)39(51)47(30-18-8-3-9-19-30)32-22-21-27(25-31(32)38(48)50)13-10-11-24-53-34-20-12-23-46-37(34)45/h1-9,12,14-23,25,33,36H,11,24,26H2,(H2,45,46). The third-order valence-electron chi connectivity index (χ3n) is 8.40. The molecule has 2 atom stereocenters.